The van der Waals surface area contributed by atoms with Crippen molar-refractivity contribution in [3.8, 4) is 0 Å². The Morgan fingerprint density at radius 3 is 2.46 bits per heavy atom. The van der Waals surface area contributed by atoms with Crippen molar-refractivity contribution in [2.75, 3.05) is 0 Å². The molecule has 0 N–H and O–H groups in total. The molecule has 0 radical (unpaired) electrons. The van der Waals surface area contributed by atoms with E-state index in [9.17, 15) is 4.39 Å². The van der Waals surface area contributed by atoms with Gasteiger partial charge in [0.1, 0.15) is 5.82 Å². The zero-order valence-electron chi connectivity index (χ0n) is 6.29. The average Bonchev–Trinajstić information content (AvgIpc) is 2.11. The summed E-state index contributed by atoms with van der Waals surface area (Å²) in [6.45, 7) is 0. The summed E-state index contributed by atoms with van der Waals surface area (Å²) in [5.41, 5.74) is 15.9. The van der Waals surface area contributed by atoms with Gasteiger partial charge in [-0.05, 0) is 17.1 Å². The van der Waals surface area contributed by atoms with Crippen LogP contribution in [0.1, 0.15) is 0 Å². The fourth-order valence-electron chi connectivity index (χ4n) is 0.777. The minimum absolute atomic E-state index is 0.0275. The zero-order valence-corrected chi connectivity index (χ0v) is 6.29. The van der Waals surface area contributed by atoms with Gasteiger partial charge < -0.3 is 0 Å². The van der Waals surface area contributed by atoms with Gasteiger partial charge in [-0.2, -0.15) is 0 Å². The molecule has 0 atom stereocenters. The summed E-state index contributed by atoms with van der Waals surface area (Å²) in [5.74, 6) is -0.720. The van der Waals surface area contributed by atoms with Crippen molar-refractivity contribution in [3.63, 3.8) is 0 Å². The number of halogens is 1. The van der Waals surface area contributed by atoms with Crippen LogP contribution in [0.3, 0.4) is 0 Å². The van der Waals surface area contributed by atoms with E-state index in [-0.39, 0.29) is 11.4 Å². The SMILES string of the molecule is [N-]=[N+]=Nc1cccc(F)c1N=[N+]=[N-]. The molecule has 0 fully saturated rings. The van der Waals surface area contributed by atoms with E-state index < -0.39 is 5.82 Å². The molecule has 0 saturated heterocycles. The Morgan fingerprint density at radius 1 is 1.15 bits per heavy atom. The first-order valence-corrected chi connectivity index (χ1v) is 3.18. The van der Waals surface area contributed by atoms with E-state index in [2.05, 4.69) is 20.1 Å². The van der Waals surface area contributed by atoms with Crippen LogP contribution >= 0.6 is 0 Å². The predicted molar refractivity (Wildman–Crippen MR) is 44.0 cm³/mol. The zero-order chi connectivity index (χ0) is 9.68. The van der Waals surface area contributed by atoms with E-state index in [0.717, 1.165) is 6.07 Å². The number of azide groups is 2. The Bertz CT molecular complexity index is 415. The van der Waals surface area contributed by atoms with Gasteiger partial charge in [0.25, 0.3) is 0 Å². The first kappa shape index (κ1) is 8.86. The number of hydrogen-bond donors (Lipinski definition) is 0. The van der Waals surface area contributed by atoms with Gasteiger partial charge in [0.2, 0.25) is 0 Å². The summed E-state index contributed by atoms with van der Waals surface area (Å²) in [7, 11) is 0. The summed E-state index contributed by atoms with van der Waals surface area (Å²) >= 11 is 0. The molecule has 0 aliphatic heterocycles. The van der Waals surface area contributed by atoms with Crippen molar-refractivity contribution >= 4 is 11.4 Å². The lowest BCUT2D eigenvalue weighted by atomic mass is 10.3. The smallest absolute Gasteiger partial charge is 0.133 e. The maximum Gasteiger partial charge on any atom is 0.133 e. The average molecular weight is 178 g/mol. The van der Waals surface area contributed by atoms with Crippen LogP contribution in [0.4, 0.5) is 15.8 Å². The lowest BCUT2D eigenvalue weighted by Gasteiger charge is -1.97. The van der Waals surface area contributed by atoms with Crippen LogP contribution in [-0.4, -0.2) is 0 Å². The molecule has 0 heterocycles. The van der Waals surface area contributed by atoms with Crippen molar-refractivity contribution < 1.29 is 4.39 Å². The molecule has 0 saturated carbocycles. The topological polar surface area (TPSA) is 97.5 Å². The monoisotopic (exact) mass is 178 g/mol. The normalized spacial score (nSPS) is 8.38. The van der Waals surface area contributed by atoms with Crippen molar-refractivity contribution in [2.45, 2.75) is 0 Å². The highest BCUT2D eigenvalue weighted by Crippen LogP contribution is 2.30. The third-order valence-electron chi connectivity index (χ3n) is 1.26. The molecule has 0 aliphatic carbocycles. The highest BCUT2D eigenvalue weighted by Gasteiger charge is 2.03. The Morgan fingerprint density at radius 2 is 1.85 bits per heavy atom. The summed E-state index contributed by atoms with van der Waals surface area (Å²) in [6, 6.07) is 3.82. The first-order valence-electron chi connectivity index (χ1n) is 3.18. The van der Waals surface area contributed by atoms with Crippen LogP contribution in [0.2, 0.25) is 0 Å². The molecule has 0 unspecified atom stereocenters. The third kappa shape index (κ3) is 1.87. The van der Waals surface area contributed by atoms with Crippen LogP contribution < -0.4 is 0 Å². The number of benzene rings is 1. The van der Waals surface area contributed by atoms with E-state index in [4.69, 9.17) is 11.1 Å². The van der Waals surface area contributed by atoms with Gasteiger partial charge in [0.05, 0.1) is 5.69 Å². The lowest BCUT2D eigenvalue weighted by molar-refractivity contribution is 0.630. The summed E-state index contributed by atoms with van der Waals surface area (Å²) < 4.78 is 12.9. The summed E-state index contributed by atoms with van der Waals surface area (Å²) in [4.78, 5) is 4.88. The highest BCUT2D eigenvalue weighted by molar-refractivity contribution is 5.61. The van der Waals surface area contributed by atoms with Gasteiger partial charge in [-0.3, -0.25) is 0 Å². The quantitative estimate of drug-likeness (QED) is 0.374. The molecule has 0 amide bonds. The Balaban J connectivity index is 3.41. The summed E-state index contributed by atoms with van der Waals surface area (Å²) in [6.07, 6.45) is 0. The fraction of sp³-hybridized carbons (Fsp3) is 0. The van der Waals surface area contributed by atoms with Gasteiger partial charge in [0, 0.05) is 15.5 Å². The summed E-state index contributed by atoms with van der Waals surface area (Å²) in [5, 5.41) is 6.23. The molecule has 0 aliphatic rings. The standard InChI is InChI=1S/C6H3FN6/c7-4-2-1-3-5(10-12-8)6(4)11-13-9/h1-3H. The first-order chi connectivity index (χ1) is 6.29. The molecular weight excluding hydrogens is 175 g/mol. The van der Waals surface area contributed by atoms with Crippen molar-refractivity contribution in [1.29, 1.82) is 0 Å². The maximum absolute atomic E-state index is 12.9. The van der Waals surface area contributed by atoms with E-state index in [0.29, 0.717) is 0 Å². The minimum Gasteiger partial charge on any atom is -0.206 e. The van der Waals surface area contributed by atoms with Gasteiger partial charge in [-0.25, -0.2) is 4.39 Å². The largest absolute Gasteiger partial charge is 0.206 e. The van der Waals surface area contributed by atoms with E-state index in [1.54, 1.807) is 0 Å². The van der Waals surface area contributed by atoms with Gasteiger partial charge in [-0.15, -0.1) is 0 Å². The van der Waals surface area contributed by atoms with Crippen LogP contribution in [0, 0.1) is 5.82 Å². The van der Waals surface area contributed by atoms with Crippen LogP contribution in [0.25, 0.3) is 20.9 Å². The molecule has 7 heteroatoms. The molecular formula is C6H3FN6. The van der Waals surface area contributed by atoms with E-state index in [1.165, 1.54) is 12.1 Å². The number of rotatable bonds is 2. The maximum atomic E-state index is 12.9. The Kier molecular flexibility index (Phi) is 2.70. The molecule has 1 aromatic carbocycles. The van der Waals surface area contributed by atoms with Crippen molar-refractivity contribution in [3.05, 3.63) is 44.9 Å². The molecule has 6 nitrogen and oxygen atoms in total. The molecule has 1 rings (SSSR count). The fourth-order valence-corrected chi connectivity index (χ4v) is 0.777. The van der Waals surface area contributed by atoms with Gasteiger partial charge >= 0.3 is 0 Å². The van der Waals surface area contributed by atoms with Crippen LogP contribution in [-0.2, 0) is 0 Å². The highest BCUT2D eigenvalue weighted by atomic mass is 19.1. The van der Waals surface area contributed by atoms with Gasteiger partial charge in [0.15, 0.2) is 0 Å². The number of nitrogens with zero attached hydrogens (tertiary/aromatic N) is 6. The molecule has 0 spiro atoms. The molecule has 13 heavy (non-hydrogen) atoms. The van der Waals surface area contributed by atoms with Crippen LogP contribution in [0.15, 0.2) is 28.4 Å². The van der Waals surface area contributed by atoms with E-state index in [1.807, 2.05) is 0 Å². The minimum atomic E-state index is -0.720. The third-order valence-corrected chi connectivity index (χ3v) is 1.26. The Labute approximate surface area is 71.9 Å². The van der Waals surface area contributed by atoms with Gasteiger partial charge in [-0.1, -0.05) is 22.4 Å². The molecule has 0 aromatic heterocycles. The van der Waals surface area contributed by atoms with Crippen LogP contribution in [0.5, 0.6) is 0 Å². The molecule has 0 bridgehead atoms. The Hall–Kier alpha value is -2.23. The number of hydrogen-bond acceptors (Lipinski definition) is 2. The van der Waals surface area contributed by atoms with E-state index >= 15 is 0 Å². The second-order valence-electron chi connectivity index (χ2n) is 1.99. The van der Waals surface area contributed by atoms with Crippen molar-refractivity contribution in [1.82, 2.24) is 0 Å². The molecule has 64 valence electrons. The van der Waals surface area contributed by atoms with Crippen molar-refractivity contribution in [2.24, 2.45) is 10.2 Å². The molecule has 1 aromatic rings. The lowest BCUT2D eigenvalue weighted by Crippen LogP contribution is -1.73. The predicted octanol–water partition coefficient (Wildman–Crippen LogP) is 3.71. The second-order valence-corrected chi connectivity index (χ2v) is 1.99. The second kappa shape index (κ2) is 3.96.